The molecular weight excluding hydrogens is 371 g/mol. The molecule has 0 heterocycles. The lowest BCUT2D eigenvalue weighted by atomic mass is 10.1. The van der Waals surface area contributed by atoms with Crippen molar-refractivity contribution < 1.29 is 9.59 Å². The van der Waals surface area contributed by atoms with Crippen molar-refractivity contribution in [3.05, 3.63) is 69.7 Å². The summed E-state index contributed by atoms with van der Waals surface area (Å²) in [5.74, 6) is -0.605. The Morgan fingerprint density at radius 3 is 2.08 bits per heavy atom. The van der Waals surface area contributed by atoms with Gasteiger partial charge >= 0.3 is 0 Å². The molecule has 6 heteroatoms. The first-order valence-corrected chi connectivity index (χ1v) is 9.09. The topological polar surface area (TPSA) is 40.6 Å². The molecule has 0 aliphatic rings. The van der Waals surface area contributed by atoms with Crippen LogP contribution in [0.15, 0.2) is 48.5 Å². The van der Waals surface area contributed by atoms with E-state index in [2.05, 4.69) is 0 Å². The molecule has 0 atom stereocenters. The number of hydrogen-bond acceptors (Lipinski definition) is 2. The highest BCUT2D eigenvalue weighted by molar-refractivity contribution is 6.36. The van der Waals surface area contributed by atoms with Crippen LogP contribution in [0.25, 0.3) is 0 Å². The minimum Gasteiger partial charge on any atom is -0.267 e. The summed E-state index contributed by atoms with van der Waals surface area (Å²) >= 11 is 12.2. The second-order valence-corrected chi connectivity index (χ2v) is 7.64. The van der Waals surface area contributed by atoms with Crippen LogP contribution >= 0.6 is 23.2 Å². The van der Waals surface area contributed by atoms with E-state index >= 15 is 0 Å². The number of amides is 2. The molecule has 0 fully saturated rings. The number of hydrogen-bond donors (Lipinski definition) is 0. The van der Waals surface area contributed by atoms with Gasteiger partial charge in [-0.15, -0.1) is 0 Å². The Balaban J connectivity index is 2.48. The van der Waals surface area contributed by atoms with Crippen molar-refractivity contribution in [1.82, 2.24) is 10.0 Å². The lowest BCUT2D eigenvalue weighted by Crippen LogP contribution is -2.58. The molecule has 0 bridgehead atoms. The zero-order valence-corrected chi connectivity index (χ0v) is 16.8. The van der Waals surface area contributed by atoms with E-state index in [1.54, 1.807) is 36.4 Å². The van der Waals surface area contributed by atoms with E-state index in [-0.39, 0.29) is 16.8 Å². The number of halogens is 2. The maximum atomic E-state index is 13.3. The second kappa shape index (κ2) is 8.11. The molecule has 2 amide bonds. The van der Waals surface area contributed by atoms with Crippen molar-refractivity contribution in [2.24, 2.45) is 0 Å². The first kappa shape index (κ1) is 20.3. The van der Waals surface area contributed by atoms with Gasteiger partial charge in [-0.25, -0.2) is 10.0 Å². The van der Waals surface area contributed by atoms with E-state index in [0.717, 1.165) is 0 Å². The highest BCUT2D eigenvalue weighted by Gasteiger charge is 2.36. The van der Waals surface area contributed by atoms with Crippen molar-refractivity contribution in [3.8, 4) is 0 Å². The van der Waals surface area contributed by atoms with Gasteiger partial charge in [-0.05, 0) is 58.0 Å². The van der Waals surface area contributed by atoms with Crippen LogP contribution in [0.1, 0.15) is 48.4 Å². The number of nitrogens with zero attached hydrogens (tertiary/aromatic N) is 2. The minimum absolute atomic E-state index is 0.249. The maximum absolute atomic E-state index is 13.3. The van der Waals surface area contributed by atoms with E-state index in [1.165, 1.54) is 16.1 Å². The first-order valence-electron chi connectivity index (χ1n) is 8.33. The molecule has 2 aromatic carbocycles. The third kappa shape index (κ3) is 4.37. The summed E-state index contributed by atoms with van der Waals surface area (Å²) in [5.41, 5.74) is 0.171. The highest BCUT2D eigenvalue weighted by atomic mass is 35.5. The molecule has 0 saturated heterocycles. The molecule has 26 heavy (non-hydrogen) atoms. The number of carbonyl (C=O) groups is 2. The van der Waals surface area contributed by atoms with Crippen LogP contribution in [0.3, 0.4) is 0 Å². The molecule has 2 rings (SSSR count). The molecule has 138 valence electrons. The fourth-order valence-electron chi connectivity index (χ4n) is 2.66. The van der Waals surface area contributed by atoms with Gasteiger partial charge in [-0.3, -0.25) is 9.59 Å². The Bertz CT molecular complexity index is 801. The lowest BCUT2D eigenvalue weighted by Gasteiger charge is -2.43. The fraction of sp³-hybridized carbons (Fsp3) is 0.300. The molecule has 2 aromatic rings. The highest BCUT2D eigenvalue weighted by Crippen LogP contribution is 2.27. The van der Waals surface area contributed by atoms with Gasteiger partial charge in [0.15, 0.2) is 0 Å². The van der Waals surface area contributed by atoms with Gasteiger partial charge in [0.1, 0.15) is 0 Å². The van der Waals surface area contributed by atoms with Gasteiger partial charge in [-0.2, -0.15) is 0 Å². The monoisotopic (exact) mass is 392 g/mol. The van der Waals surface area contributed by atoms with Crippen LogP contribution < -0.4 is 0 Å². The molecule has 0 unspecified atom stereocenters. The van der Waals surface area contributed by atoms with Crippen LogP contribution in [-0.2, 0) is 0 Å². The minimum atomic E-state index is -0.638. The van der Waals surface area contributed by atoms with E-state index in [1.807, 2.05) is 33.8 Å². The van der Waals surface area contributed by atoms with Gasteiger partial charge in [-0.1, -0.05) is 41.4 Å². The van der Waals surface area contributed by atoms with E-state index in [0.29, 0.717) is 22.7 Å². The summed E-state index contributed by atoms with van der Waals surface area (Å²) < 4.78 is 0. The van der Waals surface area contributed by atoms with Gasteiger partial charge in [0.05, 0.1) is 16.1 Å². The van der Waals surface area contributed by atoms with Gasteiger partial charge in [0, 0.05) is 17.1 Å². The lowest BCUT2D eigenvalue weighted by molar-refractivity contribution is -0.0410. The largest absolute Gasteiger partial charge is 0.274 e. The van der Waals surface area contributed by atoms with Crippen molar-refractivity contribution in [2.45, 2.75) is 33.2 Å². The molecule has 0 N–H and O–H groups in total. The van der Waals surface area contributed by atoms with Crippen molar-refractivity contribution >= 4 is 35.0 Å². The van der Waals surface area contributed by atoms with Crippen LogP contribution in [0.4, 0.5) is 0 Å². The summed E-state index contributed by atoms with van der Waals surface area (Å²) in [6, 6.07) is 13.6. The fourth-order valence-corrected chi connectivity index (χ4v) is 3.15. The molecule has 0 aromatic heterocycles. The Morgan fingerprint density at radius 1 is 0.962 bits per heavy atom. The first-order chi connectivity index (χ1) is 12.2. The molecule has 0 saturated carbocycles. The van der Waals surface area contributed by atoms with Crippen LogP contribution in [-0.4, -0.2) is 33.9 Å². The van der Waals surface area contributed by atoms with Crippen molar-refractivity contribution in [3.63, 3.8) is 0 Å². The van der Waals surface area contributed by atoms with Gasteiger partial charge in [0.25, 0.3) is 11.8 Å². The summed E-state index contributed by atoms with van der Waals surface area (Å²) in [4.78, 5) is 26.3. The predicted octanol–water partition coefficient (Wildman–Crippen LogP) is 5.31. The second-order valence-electron chi connectivity index (χ2n) is 6.80. The normalized spacial score (nSPS) is 11.2. The van der Waals surface area contributed by atoms with E-state index in [9.17, 15) is 9.59 Å². The Kier molecular flexibility index (Phi) is 6.32. The van der Waals surface area contributed by atoms with Crippen LogP contribution in [0.5, 0.6) is 0 Å². The summed E-state index contributed by atoms with van der Waals surface area (Å²) in [6.45, 7) is 7.78. The molecule has 0 aliphatic heterocycles. The van der Waals surface area contributed by atoms with E-state index < -0.39 is 5.54 Å². The smallest absolute Gasteiger partial charge is 0.267 e. The number of carbonyl (C=O) groups excluding carboxylic acids is 2. The molecule has 0 spiro atoms. The third-order valence-corrected chi connectivity index (χ3v) is 4.33. The van der Waals surface area contributed by atoms with Crippen LogP contribution in [0, 0.1) is 0 Å². The molecule has 0 radical (unpaired) electrons. The zero-order valence-electron chi connectivity index (χ0n) is 15.3. The third-order valence-electron chi connectivity index (χ3n) is 3.79. The zero-order chi connectivity index (χ0) is 19.5. The number of rotatable bonds is 3. The van der Waals surface area contributed by atoms with Crippen molar-refractivity contribution in [2.75, 3.05) is 6.54 Å². The van der Waals surface area contributed by atoms with Crippen LogP contribution in [0.2, 0.25) is 10.0 Å². The molecule has 4 nitrogen and oxygen atoms in total. The average molecular weight is 393 g/mol. The molecule has 0 aliphatic carbocycles. The molecular formula is C20H22Cl2N2O2. The van der Waals surface area contributed by atoms with Crippen molar-refractivity contribution in [1.29, 1.82) is 0 Å². The Labute approximate surface area is 164 Å². The average Bonchev–Trinajstić information content (AvgIpc) is 2.58. The number of hydrazine groups is 1. The quantitative estimate of drug-likeness (QED) is 0.663. The Hall–Kier alpha value is -2.04. The maximum Gasteiger partial charge on any atom is 0.274 e. The number of benzene rings is 2. The van der Waals surface area contributed by atoms with Gasteiger partial charge in [0.2, 0.25) is 0 Å². The Morgan fingerprint density at radius 2 is 1.58 bits per heavy atom. The SMILES string of the molecule is CCN(C(=O)c1ccccc1)N(C(=O)c1ccc(Cl)cc1Cl)C(C)(C)C. The summed E-state index contributed by atoms with van der Waals surface area (Å²) in [6.07, 6.45) is 0. The summed E-state index contributed by atoms with van der Waals surface area (Å²) in [7, 11) is 0. The standard InChI is InChI=1S/C20H22Cl2N2O2/c1-5-23(18(25)14-9-7-6-8-10-14)24(20(2,3)4)19(26)16-12-11-15(21)13-17(16)22/h6-13H,5H2,1-4H3. The van der Waals surface area contributed by atoms with Gasteiger partial charge < -0.3 is 0 Å². The van der Waals surface area contributed by atoms with E-state index in [4.69, 9.17) is 23.2 Å². The summed E-state index contributed by atoms with van der Waals surface area (Å²) in [5, 5.41) is 3.60. The predicted molar refractivity (Wildman–Crippen MR) is 106 cm³/mol.